The van der Waals surface area contributed by atoms with Crippen molar-refractivity contribution in [1.29, 1.82) is 0 Å². The van der Waals surface area contributed by atoms with E-state index in [0.717, 1.165) is 0 Å². The Morgan fingerprint density at radius 1 is 1.22 bits per heavy atom. The first kappa shape index (κ1) is 13.3. The predicted molar refractivity (Wildman–Crippen MR) is 76.4 cm³/mol. The molecule has 1 N–H and O–H groups in total. The van der Waals surface area contributed by atoms with E-state index in [4.69, 9.17) is 23.2 Å². The van der Waals surface area contributed by atoms with E-state index in [2.05, 4.69) is 26.2 Å². The maximum absolute atomic E-state index is 12.0. The van der Waals surface area contributed by atoms with E-state index in [1.807, 2.05) is 0 Å². The molecule has 18 heavy (non-hydrogen) atoms. The van der Waals surface area contributed by atoms with Gasteiger partial charge in [-0.15, -0.1) is 0 Å². The zero-order valence-corrected chi connectivity index (χ0v) is 12.1. The van der Waals surface area contributed by atoms with Crippen LogP contribution < -0.4 is 5.32 Å². The summed E-state index contributed by atoms with van der Waals surface area (Å²) in [5, 5.41) is 3.43. The van der Waals surface area contributed by atoms with Gasteiger partial charge in [0.15, 0.2) is 0 Å². The number of halogens is 3. The van der Waals surface area contributed by atoms with Crippen molar-refractivity contribution in [2.24, 2.45) is 0 Å². The molecule has 1 heterocycles. The fraction of sp³-hybridized carbons (Fsp3) is 0. The van der Waals surface area contributed by atoms with Gasteiger partial charge in [-0.1, -0.05) is 29.3 Å². The summed E-state index contributed by atoms with van der Waals surface area (Å²) in [5.74, 6) is -0.301. The summed E-state index contributed by atoms with van der Waals surface area (Å²) in [6.07, 6.45) is 1.48. The molecule has 2 rings (SSSR count). The molecule has 1 aromatic heterocycles. The summed E-state index contributed by atoms with van der Waals surface area (Å²) >= 11 is 15.0. The second-order valence-corrected chi connectivity index (χ2v) is 5.04. The van der Waals surface area contributed by atoms with Crippen LogP contribution in [-0.2, 0) is 0 Å². The lowest BCUT2D eigenvalue weighted by Gasteiger charge is -2.07. The maximum atomic E-state index is 12.0. The molecule has 0 aliphatic heterocycles. The highest BCUT2D eigenvalue weighted by molar-refractivity contribution is 9.10. The Morgan fingerprint density at radius 2 is 2.00 bits per heavy atom. The van der Waals surface area contributed by atoms with E-state index in [9.17, 15) is 4.79 Å². The number of anilines is 1. The predicted octanol–water partition coefficient (Wildman–Crippen LogP) is 4.40. The van der Waals surface area contributed by atoms with Crippen LogP contribution in [0.5, 0.6) is 0 Å². The van der Waals surface area contributed by atoms with Crippen molar-refractivity contribution in [3.63, 3.8) is 0 Å². The molecule has 0 spiro atoms. The Morgan fingerprint density at radius 3 is 2.67 bits per heavy atom. The number of pyridine rings is 1. The number of rotatable bonds is 2. The minimum atomic E-state index is -0.301. The third kappa shape index (κ3) is 3.02. The Hall–Kier alpha value is -1.10. The van der Waals surface area contributed by atoms with Crippen LogP contribution in [0.25, 0.3) is 0 Å². The number of nitrogens with one attached hydrogen (secondary N) is 1. The number of carbonyl (C=O) groups is 1. The van der Waals surface area contributed by atoms with Gasteiger partial charge in [-0.05, 0) is 40.2 Å². The Labute approximate surface area is 122 Å². The molecule has 3 nitrogen and oxygen atoms in total. The first-order valence-corrected chi connectivity index (χ1v) is 6.50. The number of hydrogen-bond donors (Lipinski definition) is 1. The first-order chi connectivity index (χ1) is 8.58. The summed E-state index contributed by atoms with van der Waals surface area (Å²) in [6.45, 7) is 0. The van der Waals surface area contributed by atoms with Crippen LogP contribution in [-0.4, -0.2) is 10.9 Å². The molecular weight excluding hydrogens is 339 g/mol. The summed E-state index contributed by atoms with van der Waals surface area (Å²) in [7, 11) is 0. The second kappa shape index (κ2) is 5.69. The minimum Gasteiger partial charge on any atom is -0.321 e. The van der Waals surface area contributed by atoms with Gasteiger partial charge in [0.2, 0.25) is 0 Å². The molecular formula is C12H7BrCl2N2O. The van der Waals surface area contributed by atoms with Crippen LogP contribution in [0.15, 0.2) is 41.0 Å². The Kier molecular flexibility index (Phi) is 4.22. The van der Waals surface area contributed by atoms with Gasteiger partial charge in [0.1, 0.15) is 5.15 Å². The van der Waals surface area contributed by atoms with Crippen molar-refractivity contribution in [2.45, 2.75) is 0 Å². The van der Waals surface area contributed by atoms with Crippen molar-refractivity contribution in [3.8, 4) is 0 Å². The number of nitrogens with zero attached hydrogens (tertiary/aromatic N) is 1. The van der Waals surface area contributed by atoms with Gasteiger partial charge < -0.3 is 5.32 Å². The van der Waals surface area contributed by atoms with Gasteiger partial charge in [0.25, 0.3) is 5.91 Å². The van der Waals surface area contributed by atoms with E-state index in [-0.39, 0.29) is 5.91 Å². The lowest BCUT2D eigenvalue weighted by Crippen LogP contribution is -2.12. The molecule has 6 heteroatoms. The van der Waals surface area contributed by atoms with Crippen molar-refractivity contribution >= 4 is 50.7 Å². The van der Waals surface area contributed by atoms with Crippen LogP contribution >= 0.6 is 39.1 Å². The highest BCUT2D eigenvalue weighted by Crippen LogP contribution is 2.26. The lowest BCUT2D eigenvalue weighted by molar-refractivity contribution is 0.102. The smallest absolute Gasteiger partial charge is 0.257 e. The molecule has 92 valence electrons. The Balaban J connectivity index is 2.22. The molecule has 0 unspecified atom stereocenters. The largest absolute Gasteiger partial charge is 0.321 e. The average molecular weight is 346 g/mol. The van der Waals surface area contributed by atoms with E-state index in [0.29, 0.717) is 25.9 Å². The first-order valence-electron chi connectivity index (χ1n) is 4.95. The molecule has 0 fully saturated rings. The van der Waals surface area contributed by atoms with Crippen LogP contribution in [0.4, 0.5) is 5.69 Å². The number of carbonyl (C=O) groups excluding carboxylic acids is 1. The number of hydrogen-bond acceptors (Lipinski definition) is 2. The standard InChI is InChI=1S/C12H7BrCl2N2O/c13-9-3-1-2-8(11(9)15)12(18)17-7-4-5-10(14)16-6-7/h1-6H,(H,17,18). The van der Waals surface area contributed by atoms with Gasteiger partial charge in [-0.2, -0.15) is 0 Å². The molecule has 0 atom stereocenters. The maximum Gasteiger partial charge on any atom is 0.257 e. The number of benzene rings is 1. The monoisotopic (exact) mass is 344 g/mol. The SMILES string of the molecule is O=C(Nc1ccc(Cl)nc1)c1cccc(Br)c1Cl. The molecule has 0 aliphatic carbocycles. The minimum absolute atomic E-state index is 0.301. The van der Waals surface area contributed by atoms with Crippen LogP contribution in [0.2, 0.25) is 10.2 Å². The van der Waals surface area contributed by atoms with Crippen LogP contribution in [0.1, 0.15) is 10.4 Å². The van der Waals surface area contributed by atoms with E-state index in [1.165, 1.54) is 6.20 Å². The van der Waals surface area contributed by atoms with E-state index < -0.39 is 0 Å². The molecule has 0 saturated heterocycles. The third-order valence-corrected chi connectivity index (χ3v) is 3.70. The van der Waals surface area contributed by atoms with Gasteiger partial charge in [-0.25, -0.2) is 4.98 Å². The topological polar surface area (TPSA) is 42.0 Å². The average Bonchev–Trinajstić information content (AvgIpc) is 2.35. The van der Waals surface area contributed by atoms with E-state index in [1.54, 1.807) is 30.3 Å². The van der Waals surface area contributed by atoms with Crippen LogP contribution in [0, 0.1) is 0 Å². The van der Waals surface area contributed by atoms with Gasteiger partial charge in [0, 0.05) is 4.47 Å². The molecule has 2 aromatic rings. The van der Waals surface area contributed by atoms with Crippen molar-refractivity contribution in [3.05, 3.63) is 56.7 Å². The summed E-state index contributed by atoms with van der Waals surface area (Å²) in [6, 6.07) is 8.42. The quantitative estimate of drug-likeness (QED) is 0.819. The number of aromatic nitrogens is 1. The molecule has 1 amide bonds. The molecule has 1 aromatic carbocycles. The third-order valence-electron chi connectivity index (χ3n) is 2.18. The van der Waals surface area contributed by atoms with Crippen molar-refractivity contribution in [2.75, 3.05) is 5.32 Å². The summed E-state index contributed by atoms with van der Waals surface area (Å²) in [4.78, 5) is 15.9. The number of amides is 1. The molecule has 0 radical (unpaired) electrons. The molecule has 0 aliphatic rings. The highest BCUT2D eigenvalue weighted by atomic mass is 79.9. The molecule has 0 bridgehead atoms. The van der Waals surface area contributed by atoms with Gasteiger partial charge >= 0.3 is 0 Å². The van der Waals surface area contributed by atoms with Gasteiger partial charge in [-0.3, -0.25) is 4.79 Å². The van der Waals surface area contributed by atoms with Crippen molar-refractivity contribution < 1.29 is 4.79 Å². The zero-order chi connectivity index (χ0) is 13.1. The fourth-order valence-corrected chi connectivity index (χ4v) is 2.02. The van der Waals surface area contributed by atoms with Crippen molar-refractivity contribution in [1.82, 2.24) is 4.98 Å². The summed E-state index contributed by atoms with van der Waals surface area (Å²) in [5.41, 5.74) is 0.946. The van der Waals surface area contributed by atoms with Crippen LogP contribution in [0.3, 0.4) is 0 Å². The highest BCUT2D eigenvalue weighted by Gasteiger charge is 2.12. The van der Waals surface area contributed by atoms with Gasteiger partial charge in [0.05, 0.1) is 22.5 Å². The normalized spacial score (nSPS) is 10.2. The van der Waals surface area contributed by atoms with E-state index >= 15 is 0 Å². The fourth-order valence-electron chi connectivity index (χ4n) is 1.33. The Bertz CT molecular complexity index is 587. The molecule has 0 saturated carbocycles. The zero-order valence-electron chi connectivity index (χ0n) is 8.95. The summed E-state index contributed by atoms with van der Waals surface area (Å²) < 4.78 is 0.672. The second-order valence-electron chi connectivity index (χ2n) is 3.43. The lowest BCUT2D eigenvalue weighted by atomic mass is 10.2.